The molecular formula is C15H17ClF2N2O3. The van der Waals surface area contributed by atoms with Crippen LogP contribution in [0.2, 0.25) is 0 Å². The lowest BCUT2D eigenvalue weighted by Crippen LogP contribution is -2.55. The molecule has 0 spiro atoms. The van der Waals surface area contributed by atoms with Crippen molar-refractivity contribution in [1.82, 2.24) is 9.80 Å². The summed E-state index contributed by atoms with van der Waals surface area (Å²) < 4.78 is 27.3. The van der Waals surface area contributed by atoms with Gasteiger partial charge in [-0.2, -0.15) is 0 Å². The van der Waals surface area contributed by atoms with E-state index in [1.807, 2.05) is 0 Å². The quantitative estimate of drug-likeness (QED) is 0.852. The lowest BCUT2D eigenvalue weighted by atomic mass is 10.0. The molecule has 8 heteroatoms. The van der Waals surface area contributed by atoms with Gasteiger partial charge >= 0.3 is 6.09 Å². The van der Waals surface area contributed by atoms with Crippen molar-refractivity contribution in [3.05, 3.63) is 35.6 Å². The topological polar surface area (TPSA) is 60.9 Å². The van der Waals surface area contributed by atoms with Crippen LogP contribution in [-0.4, -0.2) is 58.1 Å². The van der Waals surface area contributed by atoms with Crippen molar-refractivity contribution in [3.63, 3.8) is 0 Å². The first-order chi connectivity index (χ1) is 10.9. The largest absolute Gasteiger partial charge is 0.465 e. The fourth-order valence-electron chi connectivity index (χ4n) is 2.67. The third-order valence-electron chi connectivity index (χ3n) is 3.88. The predicted octanol–water partition coefficient (Wildman–Crippen LogP) is 2.48. The van der Waals surface area contributed by atoms with Crippen molar-refractivity contribution in [2.24, 2.45) is 0 Å². The van der Waals surface area contributed by atoms with E-state index in [1.54, 1.807) is 0 Å². The molecular weight excluding hydrogens is 330 g/mol. The summed E-state index contributed by atoms with van der Waals surface area (Å²) in [4.78, 5) is 25.3. The van der Waals surface area contributed by atoms with E-state index >= 15 is 0 Å². The molecule has 0 radical (unpaired) electrons. The minimum absolute atomic E-state index is 0.101. The number of halogens is 3. The summed E-state index contributed by atoms with van der Waals surface area (Å²) in [6.07, 6.45) is -2.48. The number of carboxylic acid groups (broad SMARTS) is 1. The first-order valence-corrected chi connectivity index (χ1v) is 7.67. The number of hydrogen-bond donors (Lipinski definition) is 1. The molecule has 1 N–H and O–H groups in total. The Balaban J connectivity index is 2.13. The molecule has 1 aromatic rings. The van der Waals surface area contributed by atoms with Crippen LogP contribution in [0.15, 0.2) is 24.3 Å². The summed E-state index contributed by atoms with van der Waals surface area (Å²) >= 11 is 5.61. The molecule has 1 heterocycles. The molecule has 23 heavy (non-hydrogen) atoms. The number of nitrogens with zero attached hydrogens (tertiary/aromatic N) is 2. The van der Waals surface area contributed by atoms with E-state index in [0.29, 0.717) is 5.56 Å². The number of piperidine rings is 1. The van der Waals surface area contributed by atoms with E-state index < -0.39 is 30.0 Å². The molecule has 0 saturated carbocycles. The smallest absolute Gasteiger partial charge is 0.407 e. The van der Waals surface area contributed by atoms with Gasteiger partial charge in [0.1, 0.15) is 17.9 Å². The van der Waals surface area contributed by atoms with Gasteiger partial charge in [0.2, 0.25) is 5.91 Å². The average Bonchev–Trinajstić information content (AvgIpc) is 2.54. The Morgan fingerprint density at radius 2 is 2.00 bits per heavy atom. The second kappa shape index (κ2) is 7.59. The standard InChI is InChI=1S/C15H17ClF2N2O3/c16-7-14(21)20(8-10-1-3-11(17)4-2-10)13-5-6-19(15(22)23)9-12(13)18/h1-4,12-13H,5-9H2,(H,22,23)/t12-,13+/m1/s1. The highest BCUT2D eigenvalue weighted by Gasteiger charge is 2.37. The zero-order valence-corrected chi connectivity index (χ0v) is 13.0. The van der Waals surface area contributed by atoms with Gasteiger partial charge in [0.15, 0.2) is 0 Å². The van der Waals surface area contributed by atoms with E-state index in [1.165, 1.54) is 29.2 Å². The van der Waals surface area contributed by atoms with Crippen LogP contribution in [0.25, 0.3) is 0 Å². The molecule has 1 aliphatic rings. The SMILES string of the molecule is O=C(O)N1CC[C@H](N(Cc2ccc(F)cc2)C(=O)CCl)[C@H](F)C1. The monoisotopic (exact) mass is 346 g/mol. The highest BCUT2D eigenvalue weighted by Crippen LogP contribution is 2.22. The van der Waals surface area contributed by atoms with Crippen molar-refractivity contribution in [2.75, 3.05) is 19.0 Å². The van der Waals surface area contributed by atoms with Crippen LogP contribution in [-0.2, 0) is 11.3 Å². The highest BCUT2D eigenvalue weighted by atomic mass is 35.5. The lowest BCUT2D eigenvalue weighted by Gasteiger charge is -2.39. The van der Waals surface area contributed by atoms with Crippen molar-refractivity contribution >= 4 is 23.6 Å². The molecule has 0 aliphatic carbocycles. The van der Waals surface area contributed by atoms with Gasteiger partial charge in [-0.1, -0.05) is 12.1 Å². The Labute approximate surface area is 137 Å². The first kappa shape index (κ1) is 17.5. The molecule has 2 amide bonds. The Kier molecular flexibility index (Phi) is 5.76. The van der Waals surface area contributed by atoms with Gasteiger partial charge in [-0.3, -0.25) is 4.79 Å². The molecule has 0 bridgehead atoms. The number of carbonyl (C=O) groups is 2. The molecule has 0 aromatic heterocycles. The van der Waals surface area contributed by atoms with Crippen LogP contribution in [0.3, 0.4) is 0 Å². The van der Waals surface area contributed by atoms with Gasteiger partial charge in [0.25, 0.3) is 0 Å². The highest BCUT2D eigenvalue weighted by molar-refractivity contribution is 6.27. The van der Waals surface area contributed by atoms with Gasteiger partial charge in [-0.15, -0.1) is 11.6 Å². The van der Waals surface area contributed by atoms with E-state index in [-0.39, 0.29) is 31.9 Å². The molecule has 126 valence electrons. The average molecular weight is 347 g/mol. The maximum atomic E-state index is 14.4. The minimum Gasteiger partial charge on any atom is -0.465 e. The molecule has 1 aromatic carbocycles. The van der Waals surface area contributed by atoms with Crippen LogP contribution in [0.5, 0.6) is 0 Å². The maximum absolute atomic E-state index is 14.4. The summed E-state index contributed by atoms with van der Waals surface area (Å²) in [5.74, 6) is -1.14. The van der Waals surface area contributed by atoms with Crippen molar-refractivity contribution in [3.8, 4) is 0 Å². The van der Waals surface area contributed by atoms with E-state index in [4.69, 9.17) is 16.7 Å². The summed E-state index contributed by atoms with van der Waals surface area (Å²) in [5.41, 5.74) is 0.651. The second-order valence-corrected chi connectivity index (χ2v) is 5.65. The van der Waals surface area contributed by atoms with Crippen molar-refractivity contribution in [1.29, 1.82) is 0 Å². The zero-order chi connectivity index (χ0) is 17.0. The number of amides is 2. The van der Waals surface area contributed by atoms with Crippen molar-refractivity contribution in [2.45, 2.75) is 25.2 Å². The van der Waals surface area contributed by atoms with Gasteiger partial charge in [0, 0.05) is 13.1 Å². The van der Waals surface area contributed by atoms with E-state index in [2.05, 4.69) is 0 Å². The molecule has 1 saturated heterocycles. The van der Waals surface area contributed by atoms with Crippen LogP contribution in [0.4, 0.5) is 13.6 Å². The maximum Gasteiger partial charge on any atom is 0.407 e. The molecule has 1 fully saturated rings. The number of benzene rings is 1. The summed E-state index contributed by atoms with van der Waals surface area (Å²) in [6.45, 7) is -0.0324. The lowest BCUT2D eigenvalue weighted by molar-refractivity contribution is -0.134. The van der Waals surface area contributed by atoms with Gasteiger partial charge in [-0.25, -0.2) is 13.6 Å². The number of alkyl halides is 2. The van der Waals surface area contributed by atoms with Gasteiger partial charge in [-0.05, 0) is 24.1 Å². The fourth-order valence-corrected chi connectivity index (χ4v) is 2.82. The third-order valence-corrected chi connectivity index (χ3v) is 4.11. The predicted molar refractivity (Wildman–Crippen MR) is 80.6 cm³/mol. The molecule has 0 unspecified atom stereocenters. The van der Waals surface area contributed by atoms with Crippen LogP contribution < -0.4 is 0 Å². The van der Waals surface area contributed by atoms with Gasteiger partial charge < -0.3 is 14.9 Å². The first-order valence-electron chi connectivity index (χ1n) is 7.14. The third kappa shape index (κ3) is 4.31. The van der Waals surface area contributed by atoms with Gasteiger partial charge in [0.05, 0.1) is 12.6 Å². The zero-order valence-electron chi connectivity index (χ0n) is 12.3. The number of likely N-dealkylation sites (tertiary alicyclic amines) is 1. The van der Waals surface area contributed by atoms with Crippen molar-refractivity contribution < 1.29 is 23.5 Å². The molecule has 5 nitrogen and oxygen atoms in total. The Morgan fingerprint density at radius 1 is 1.35 bits per heavy atom. The molecule has 1 aliphatic heterocycles. The Morgan fingerprint density at radius 3 is 2.52 bits per heavy atom. The normalized spacial score (nSPS) is 21.1. The van der Waals surface area contributed by atoms with E-state index in [0.717, 1.165) is 4.90 Å². The second-order valence-electron chi connectivity index (χ2n) is 5.38. The number of carbonyl (C=O) groups excluding carboxylic acids is 1. The number of rotatable bonds is 4. The summed E-state index contributed by atoms with van der Waals surface area (Å²) in [7, 11) is 0. The Bertz CT molecular complexity index is 570. The number of hydrogen-bond acceptors (Lipinski definition) is 2. The summed E-state index contributed by atoms with van der Waals surface area (Å²) in [5, 5.41) is 8.92. The molecule has 2 atom stereocenters. The van der Waals surface area contributed by atoms with Crippen LogP contribution >= 0.6 is 11.6 Å². The van der Waals surface area contributed by atoms with Crippen LogP contribution in [0, 0.1) is 5.82 Å². The van der Waals surface area contributed by atoms with E-state index in [9.17, 15) is 18.4 Å². The molecule has 2 rings (SSSR count). The Hall–Kier alpha value is -1.89. The fraction of sp³-hybridized carbons (Fsp3) is 0.467. The van der Waals surface area contributed by atoms with Crippen LogP contribution in [0.1, 0.15) is 12.0 Å². The minimum atomic E-state index is -1.49. The summed E-state index contributed by atoms with van der Waals surface area (Å²) in [6, 6.07) is 4.81.